The number of carbonyl (C=O) groups excluding carboxylic acids is 1. The first-order valence-electron chi connectivity index (χ1n) is 9.91. The van der Waals surface area contributed by atoms with Crippen molar-refractivity contribution in [2.75, 3.05) is 12.9 Å². The number of carbonyl (C=O) groups is 1. The van der Waals surface area contributed by atoms with Crippen LogP contribution in [0.4, 0.5) is 0 Å². The summed E-state index contributed by atoms with van der Waals surface area (Å²) in [6.45, 7) is 0. The Labute approximate surface area is 199 Å². The minimum absolute atomic E-state index is 0.0261. The van der Waals surface area contributed by atoms with Crippen LogP contribution >= 0.6 is 23.4 Å². The number of hydrogen-bond acceptors (Lipinski definition) is 6. The van der Waals surface area contributed by atoms with Crippen LogP contribution in [-0.2, 0) is 4.79 Å². The number of hydrazone groups is 1. The number of nitrogens with one attached hydrogen (secondary N) is 1. The van der Waals surface area contributed by atoms with Crippen molar-refractivity contribution in [2.45, 2.75) is 5.16 Å². The Kier molecular flexibility index (Phi) is 7.07. The zero-order valence-electron chi connectivity index (χ0n) is 17.6. The maximum atomic E-state index is 13.2. The third-order valence-electron chi connectivity index (χ3n) is 4.68. The summed E-state index contributed by atoms with van der Waals surface area (Å²) in [6, 6.07) is 21.3. The second-order valence-electron chi connectivity index (χ2n) is 6.88. The second kappa shape index (κ2) is 10.3. The summed E-state index contributed by atoms with van der Waals surface area (Å²) in [7, 11) is 1.60. The van der Waals surface area contributed by atoms with Gasteiger partial charge in [0.2, 0.25) is 0 Å². The van der Waals surface area contributed by atoms with Crippen LogP contribution in [-0.4, -0.2) is 34.5 Å². The Balaban J connectivity index is 1.53. The lowest BCUT2D eigenvalue weighted by molar-refractivity contribution is -0.118. The van der Waals surface area contributed by atoms with Crippen LogP contribution in [0.1, 0.15) is 5.56 Å². The van der Waals surface area contributed by atoms with Gasteiger partial charge in [0.25, 0.3) is 11.5 Å². The lowest BCUT2D eigenvalue weighted by Gasteiger charge is -2.13. The van der Waals surface area contributed by atoms with Gasteiger partial charge in [-0.2, -0.15) is 5.10 Å². The molecule has 0 aliphatic heterocycles. The Bertz CT molecular complexity index is 1370. The Hall–Kier alpha value is -3.62. The number of thioether (sulfide) groups is 1. The fourth-order valence-electron chi connectivity index (χ4n) is 3.06. The molecule has 0 saturated heterocycles. The minimum Gasteiger partial charge on any atom is -0.497 e. The molecule has 0 aliphatic carbocycles. The molecule has 1 aromatic heterocycles. The largest absolute Gasteiger partial charge is 0.497 e. The monoisotopic (exact) mass is 478 g/mol. The van der Waals surface area contributed by atoms with Crippen LogP contribution < -0.4 is 15.7 Å². The first kappa shape index (κ1) is 22.6. The molecule has 4 rings (SSSR count). The van der Waals surface area contributed by atoms with Gasteiger partial charge < -0.3 is 4.74 Å². The molecule has 1 N–H and O–H groups in total. The summed E-state index contributed by atoms with van der Waals surface area (Å²) in [5.41, 5.74) is 4.27. The molecule has 0 fully saturated rings. The van der Waals surface area contributed by atoms with Gasteiger partial charge in [-0.15, -0.1) is 0 Å². The van der Waals surface area contributed by atoms with Gasteiger partial charge in [0, 0.05) is 5.02 Å². The highest BCUT2D eigenvalue weighted by Gasteiger charge is 2.14. The Morgan fingerprint density at radius 2 is 1.85 bits per heavy atom. The summed E-state index contributed by atoms with van der Waals surface area (Å²) in [6.07, 6.45) is 1.54. The molecule has 33 heavy (non-hydrogen) atoms. The topological polar surface area (TPSA) is 85.6 Å². The molecule has 0 radical (unpaired) electrons. The third-order valence-corrected chi connectivity index (χ3v) is 5.87. The smallest absolute Gasteiger partial charge is 0.266 e. The number of para-hydroxylation sites is 1. The highest BCUT2D eigenvalue weighted by Crippen LogP contribution is 2.22. The fraction of sp³-hybridized carbons (Fsp3) is 0.0833. The number of rotatable bonds is 7. The Morgan fingerprint density at radius 1 is 1.12 bits per heavy atom. The summed E-state index contributed by atoms with van der Waals surface area (Å²) >= 11 is 7.15. The molecule has 4 aromatic rings. The summed E-state index contributed by atoms with van der Waals surface area (Å²) in [4.78, 5) is 30.2. The van der Waals surface area contributed by atoms with E-state index in [1.165, 1.54) is 4.57 Å². The number of fused-ring (bicyclic) bond motifs is 1. The number of methoxy groups -OCH3 is 1. The molecular weight excluding hydrogens is 460 g/mol. The molecule has 1 heterocycles. The lowest BCUT2D eigenvalue weighted by atomic mass is 10.2. The van der Waals surface area contributed by atoms with Crippen molar-refractivity contribution in [3.63, 3.8) is 0 Å². The molecule has 0 atom stereocenters. The SMILES string of the molecule is COc1ccc(/C=N\NC(=O)CSc2nc3ccccc3c(=O)n2-c2ccc(Cl)cc2)cc1. The van der Waals surface area contributed by atoms with E-state index in [0.29, 0.717) is 26.8 Å². The number of halogens is 1. The van der Waals surface area contributed by atoms with E-state index < -0.39 is 0 Å². The number of benzene rings is 3. The maximum absolute atomic E-state index is 13.2. The van der Waals surface area contributed by atoms with Crippen molar-refractivity contribution in [2.24, 2.45) is 5.10 Å². The van der Waals surface area contributed by atoms with E-state index in [9.17, 15) is 9.59 Å². The molecule has 0 spiro atoms. The highest BCUT2D eigenvalue weighted by atomic mass is 35.5. The van der Waals surface area contributed by atoms with Gasteiger partial charge in [-0.3, -0.25) is 14.2 Å². The van der Waals surface area contributed by atoms with Crippen molar-refractivity contribution in [3.8, 4) is 11.4 Å². The van der Waals surface area contributed by atoms with Crippen molar-refractivity contribution >= 4 is 46.4 Å². The average Bonchev–Trinajstić information content (AvgIpc) is 2.84. The minimum atomic E-state index is -0.324. The predicted octanol–water partition coefficient (Wildman–Crippen LogP) is 4.29. The first-order chi connectivity index (χ1) is 16.0. The van der Waals surface area contributed by atoms with Gasteiger partial charge >= 0.3 is 0 Å². The van der Waals surface area contributed by atoms with Crippen molar-refractivity contribution in [1.82, 2.24) is 15.0 Å². The van der Waals surface area contributed by atoms with Crippen LogP contribution in [0, 0.1) is 0 Å². The molecule has 0 unspecified atom stereocenters. The molecule has 0 saturated carbocycles. The van der Waals surface area contributed by atoms with Gasteiger partial charge in [0.15, 0.2) is 5.16 Å². The summed E-state index contributed by atoms with van der Waals surface area (Å²) in [5, 5.41) is 5.43. The second-order valence-corrected chi connectivity index (χ2v) is 8.26. The zero-order chi connectivity index (χ0) is 23.2. The van der Waals surface area contributed by atoms with Crippen molar-refractivity contribution in [1.29, 1.82) is 0 Å². The fourth-order valence-corrected chi connectivity index (χ4v) is 3.99. The van der Waals surface area contributed by atoms with E-state index >= 15 is 0 Å². The molecular formula is C24H19ClN4O3S. The summed E-state index contributed by atoms with van der Waals surface area (Å²) in [5.74, 6) is 0.440. The summed E-state index contributed by atoms with van der Waals surface area (Å²) < 4.78 is 6.60. The van der Waals surface area contributed by atoms with Gasteiger partial charge in [0.05, 0.1) is 35.7 Å². The van der Waals surface area contributed by atoms with E-state index in [4.69, 9.17) is 16.3 Å². The van der Waals surface area contributed by atoms with E-state index in [2.05, 4.69) is 15.5 Å². The molecule has 9 heteroatoms. The highest BCUT2D eigenvalue weighted by molar-refractivity contribution is 7.99. The molecule has 3 aromatic carbocycles. The van der Waals surface area contributed by atoms with E-state index in [1.54, 1.807) is 67.9 Å². The number of hydrogen-bond donors (Lipinski definition) is 1. The number of ether oxygens (including phenoxy) is 1. The van der Waals surface area contributed by atoms with Crippen LogP contribution in [0.2, 0.25) is 5.02 Å². The van der Waals surface area contributed by atoms with Crippen LogP contribution in [0.25, 0.3) is 16.6 Å². The van der Waals surface area contributed by atoms with E-state index in [-0.39, 0.29) is 17.2 Å². The van der Waals surface area contributed by atoms with Crippen molar-refractivity contribution in [3.05, 3.63) is 93.7 Å². The lowest BCUT2D eigenvalue weighted by Crippen LogP contribution is -2.24. The van der Waals surface area contributed by atoms with Gasteiger partial charge in [-0.05, 0) is 66.2 Å². The van der Waals surface area contributed by atoms with Crippen molar-refractivity contribution < 1.29 is 9.53 Å². The quantitative estimate of drug-likeness (QED) is 0.185. The number of amides is 1. The Morgan fingerprint density at radius 3 is 2.58 bits per heavy atom. The molecule has 0 bridgehead atoms. The average molecular weight is 479 g/mol. The van der Waals surface area contributed by atoms with E-state index in [0.717, 1.165) is 23.1 Å². The van der Waals surface area contributed by atoms with Gasteiger partial charge in [-0.25, -0.2) is 10.4 Å². The van der Waals surface area contributed by atoms with E-state index in [1.807, 2.05) is 18.2 Å². The molecule has 7 nitrogen and oxygen atoms in total. The normalized spacial score (nSPS) is 11.1. The zero-order valence-corrected chi connectivity index (χ0v) is 19.1. The molecule has 166 valence electrons. The third kappa shape index (κ3) is 5.42. The number of nitrogens with zero attached hydrogens (tertiary/aromatic N) is 3. The van der Waals surface area contributed by atoms with Crippen LogP contribution in [0.5, 0.6) is 5.75 Å². The van der Waals surface area contributed by atoms with Crippen LogP contribution in [0.15, 0.2) is 87.8 Å². The molecule has 1 amide bonds. The standard InChI is InChI=1S/C24H19ClN4O3S/c1-32-19-12-6-16(7-13-19)14-26-28-22(30)15-33-24-27-21-5-3-2-4-20(21)23(31)29(24)18-10-8-17(25)9-11-18/h2-14H,15H2,1H3,(H,28,30)/b26-14-. The van der Waals surface area contributed by atoms with Gasteiger partial charge in [-0.1, -0.05) is 35.5 Å². The molecule has 0 aliphatic rings. The maximum Gasteiger partial charge on any atom is 0.266 e. The number of aromatic nitrogens is 2. The first-order valence-corrected chi connectivity index (χ1v) is 11.3. The predicted molar refractivity (Wildman–Crippen MR) is 132 cm³/mol. The van der Waals surface area contributed by atoms with Gasteiger partial charge in [0.1, 0.15) is 5.75 Å². The van der Waals surface area contributed by atoms with Crippen LogP contribution in [0.3, 0.4) is 0 Å².